The average Bonchev–Trinajstić information content (AvgIpc) is 3.13. The Balaban J connectivity index is 2.09. The van der Waals surface area contributed by atoms with E-state index < -0.39 is 18.1 Å². The molecule has 0 unspecified atom stereocenters. The quantitative estimate of drug-likeness (QED) is 0.315. The fraction of sp³-hybridized carbons (Fsp3) is 0.429. The second-order valence-corrected chi connectivity index (χ2v) is 9.25. The van der Waals surface area contributed by atoms with Crippen molar-refractivity contribution in [1.82, 2.24) is 10.6 Å². The van der Waals surface area contributed by atoms with Gasteiger partial charge in [-0.15, -0.1) is 0 Å². The molecule has 0 aromatic heterocycles. The van der Waals surface area contributed by atoms with Gasteiger partial charge in [0.1, 0.15) is 6.04 Å². The number of carboxylic acid groups (broad SMARTS) is 1. The van der Waals surface area contributed by atoms with Crippen LogP contribution in [0.4, 0.5) is 5.69 Å². The van der Waals surface area contributed by atoms with Crippen LogP contribution in [0.3, 0.4) is 0 Å². The van der Waals surface area contributed by atoms with E-state index in [1.165, 1.54) is 27.2 Å². The van der Waals surface area contributed by atoms with E-state index in [0.717, 1.165) is 11.1 Å². The number of aliphatic carboxylic acids is 1. The molecule has 0 aliphatic heterocycles. The summed E-state index contributed by atoms with van der Waals surface area (Å²) in [5, 5.41) is 17.3. The minimum atomic E-state index is -0.935. The molecule has 0 radical (unpaired) electrons. The molecule has 0 bridgehead atoms. The second-order valence-electron chi connectivity index (χ2n) is 9.25. The van der Waals surface area contributed by atoms with Gasteiger partial charge >= 0.3 is 5.97 Å². The summed E-state index contributed by atoms with van der Waals surface area (Å²) in [6.07, 6.45) is 1.35. The number of nitrogens with one attached hydrogen (secondary N) is 3. The first-order chi connectivity index (χ1) is 18.6. The van der Waals surface area contributed by atoms with Crippen molar-refractivity contribution >= 4 is 23.5 Å². The summed E-state index contributed by atoms with van der Waals surface area (Å²) >= 11 is 0. The molecule has 0 spiro atoms. The Morgan fingerprint density at radius 2 is 1.79 bits per heavy atom. The van der Waals surface area contributed by atoms with Crippen LogP contribution in [-0.4, -0.2) is 56.8 Å². The van der Waals surface area contributed by atoms with Crippen molar-refractivity contribution in [3.05, 3.63) is 45.6 Å². The largest absolute Gasteiger partial charge is 0.493 e. The van der Waals surface area contributed by atoms with Gasteiger partial charge < -0.3 is 35.3 Å². The number of carbonyl (C=O) groups excluding carboxylic acids is 2. The van der Waals surface area contributed by atoms with E-state index in [-0.39, 0.29) is 35.9 Å². The Morgan fingerprint density at radius 1 is 1.08 bits per heavy atom. The zero-order chi connectivity index (χ0) is 28.7. The molecule has 0 fully saturated rings. The van der Waals surface area contributed by atoms with Gasteiger partial charge in [-0.25, -0.2) is 0 Å². The fourth-order valence-electron chi connectivity index (χ4n) is 4.73. The molecule has 2 aromatic rings. The first kappa shape index (κ1) is 29.3. The van der Waals surface area contributed by atoms with Gasteiger partial charge in [-0.3, -0.25) is 19.2 Å². The Labute approximate surface area is 226 Å². The van der Waals surface area contributed by atoms with E-state index in [4.69, 9.17) is 19.3 Å². The third-order valence-corrected chi connectivity index (χ3v) is 6.55. The Bertz CT molecular complexity index is 1310. The lowest BCUT2D eigenvalue weighted by Crippen LogP contribution is -2.38. The topological polar surface area (TPSA) is 152 Å². The minimum absolute atomic E-state index is 0.0517. The van der Waals surface area contributed by atoms with Crippen LogP contribution in [0.5, 0.6) is 17.2 Å². The molecule has 2 atom stereocenters. The SMILES string of the molecule is COc1cc2c(c(OC)c1OC)-c1ccc(N[C@H](C)C(=O)NCCCC(=O)O)c(=O)cc1[C@H](NC(C)=O)CC2. The highest BCUT2D eigenvalue weighted by atomic mass is 16.5. The Hall–Kier alpha value is -4.28. The second kappa shape index (κ2) is 13.0. The van der Waals surface area contributed by atoms with Gasteiger partial charge in [0.05, 0.1) is 33.1 Å². The number of ether oxygens (including phenoxy) is 3. The van der Waals surface area contributed by atoms with Crippen molar-refractivity contribution in [2.45, 2.75) is 51.6 Å². The van der Waals surface area contributed by atoms with Crippen LogP contribution in [0.15, 0.2) is 29.1 Å². The Morgan fingerprint density at radius 3 is 2.41 bits per heavy atom. The van der Waals surface area contributed by atoms with Gasteiger partial charge in [0, 0.05) is 25.5 Å². The van der Waals surface area contributed by atoms with E-state index in [2.05, 4.69) is 16.0 Å². The van der Waals surface area contributed by atoms with Gasteiger partial charge in [0.2, 0.25) is 23.0 Å². The average molecular weight is 542 g/mol. The molecule has 0 heterocycles. The van der Waals surface area contributed by atoms with Crippen LogP contribution in [0, 0.1) is 0 Å². The summed E-state index contributed by atoms with van der Waals surface area (Å²) in [5.41, 5.74) is 2.75. The molecule has 39 heavy (non-hydrogen) atoms. The molecule has 2 amide bonds. The molecule has 2 aromatic carbocycles. The van der Waals surface area contributed by atoms with E-state index in [1.807, 2.05) is 6.07 Å². The number of rotatable bonds is 11. The van der Waals surface area contributed by atoms with Crippen molar-refractivity contribution < 1.29 is 33.7 Å². The summed E-state index contributed by atoms with van der Waals surface area (Å²) < 4.78 is 16.9. The zero-order valence-corrected chi connectivity index (χ0v) is 22.8. The van der Waals surface area contributed by atoms with Crippen molar-refractivity contribution in [2.24, 2.45) is 0 Å². The molecule has 0 saturated carbocycles. The highest BCUT2D eigenvalue weighted by Gasteiger charge is 2.29. The minimum Gasteiger partial charge on any atom is -0.493 e. The molecule has 11 heteroatoms. The van der Waals surface area contributed by atoms with Crippen molar-refractivity contribution in [1.29, 1.82) is 0 Å². The van der Waals surface area contributed by atoms with Crippen LogP contribution in [0.25, 0.3) is 11.1 Å². The van der Waals surface area contributed by atoms with Gasteiger partial charge in [-0.1, -0.05) is 6.07 Å². The highest BCUT2D eigenvalue weighted by molar-refractivity contribution is 5.85. The number of aryl methyl sites for hydroxylation is 1. The molecule has 4 N–H and O–H groups in total. The normalized spacial score (nSPS) is 14.5. The number of hydrogen-bond acceptors (Lipinski definition) is 8. The van der Waals surface area contributed by atoms with E-state index in [1.54, 1.807) is 26.2 Å². The van der Waals surface area contributed by atoms with Crippen LogP contribution in [0.1, 0.15) is 50.3 Å². The third kappa shape index (κ3) is 6.78. The van der Waals surface area contributed by atoms with Crippen LogP contribution in [-0.2, 0) is 20.8 Å². The van der Waals surface area contributed by atoms with Crippen molar-refractivity contribution in [2.75, 3.05) is 33.2 Å². The predicted octanol–water partition coefficient (Wildman–Crippen LogP) is 2.64. The van der Waals surface area contributed by atoms with E-state index in [9.17, 15) is 19.2 Å². The summed E-state index contributed by atoms with van der Waals surface area (Å²) in [4.78, 5) is 48.7. The maximum atomic E-state index is 13.4. The summed E-state index contributed by atoms with van der Waals surface area (Å²) in [6.45, 7) is 3.24. The number of carbonyl (C=O) groups is 3. The number of anilines is 1. The lowest BCUT2D eigenvalue weighted by Gasteiger charge is -2.19. The molecule has 1 aliphatic rings. The third-order valence-electron chi connectivity index (χ3n) is 6.55. The lowest BCUT2D eigenvalue weighted by atomic mass is 9.95. The van der Waals surface area contributed by atoms with E-state index in [0.29, 0.717) is 47.6 Å². The summed E-state index contributed by atoms with van der Waals surface area (Å²) in [6, 6.07) is 5.50. The van der Waals surface area contributed by atoms with Gasteiger partial charge in [0.25, 0.3) is 0 Å². The fourth-order valence-corrected chi connectivity index (χ4v) is 4.73. The van der Waals surface area contributed by atoms with Gasteiger partial charge in [0.15, 0.2) is 11.5 Å². The number of benzene rings is 1. The molecule has 11 nitrogen and oxygen atoms in total. The summed E-state index contributed by atoms with van der Waals surface area (Å²) in [5.74, 6) is -0.183. The number of methoxy groups -OCH3 is 3. The maximum Gasteiger partial charge on any atom is 0.303 e. The zero-order valence-electron chi connectivity index (χ0n) is 22.8. The maximum absolute atomic E-state index is 13.4. The number of hydrogen-bond donors (Lipinski definition) is 4. The number of fused-ring (bicyclic) bond motifs is 3. The molecule has 1 aliphatic carbocycles. The smallest absolute Gasteiger partial charge is 0.303 e. The lowest BCUT2D eigenvalue weighted by molar-refractivity contribution is -0.137. The van der Waals surface area contributed by atoms with Crippen molar-refractivity contribution in [3.8, 4) is 28.4 Å². The Kier molecular flexibility index (Phi) is 9.75. The monoisotopic (exact) mass is 541 g/mol. The molecular formula is C28H35N3O8. The first-order valence-electron chi connectivity index (χ1n) is 12.6. The van der Waals surface area contributed by atoms with Crippen LogP contribution in [0.2, 0.25) is 0 Å². The molecule has 0 saturated heterocycles. The molecular weight excluding hydrogens is 506 g/mol. The highest BCUT2D eigenvalue weighted by Crippen LogP contribution is 2.50. The van der Waals surface area contributed by atoms with Crippen molar-refractivity contribution in [3.63, 3.8) is 0 Å². The van der Waals surface area contributed by atoms with Gasteiger partial charge in [-0.2, -0.15) is 0 Å². The van der Waals surface area contributed by atoms with Crippen LogP contribution < -0.4 is 35.6 Å². The standard InChI is InChI=1S/C28H35N3O8/c1-15(28(36)29-12-6-7-24(34)35)30-21-11-9-18-19(14-22(21)33)20(31-16(2)32)10-8-17-13-23(37-3)26(38-4)27(39-5)25(17)18/h9,11,13-15,20H,6-8,10,12H2,1-5H3,(H,29,36)(H,30,33)(H,31,32)(H,34,35)/t15-,20-/m1/s1. The molecule has 210 valence electrons. The predicted molar refractivity (Wildman–Crippen MR) is 146 cm³/mol. The van der Waals surface area contributed by atoms with Gasteiger partial charge in [-0.05, 0) is 61.1 Å². The first-order valence-corrected chi connectivity index (χ1v) is 12.6. The number of amides is 2. The summed E-state index contributed by atoms with van der Waals surface area (Å²) in [7, 11) is 4.58. The number of carboxylic acids is 1. The van der Waals surface area contributed by atoms with E-state index >= 15 is 0 Å². The molecule has 3 rings (SSSR count). The van der Waals surface area contributed by atoms with Crippen LogP contribution >= 0.6 is 0 Å².